The normalized spacial score (nSPS) is 16.3. The molecule has 0 spiro atoms. The molecule has 2 aromatic carbocycles. The van der Waals surface area contributed by atoms with Gasteiger partial charge in [0.2, 0.25) is 17.6 Å². The van der Waals surface area contributed by atoms with E-state index in [1.807, 2.05) is 29.2 Å². The Bertz CT molecular complexity index is 1020. The number of hydrogen-bond donors (Lipinski definition) is 0. The Morgan fingerprint density at radius 3 is 2.81 bits per heavy atom. The Morgan fingerprint density at radius 2 is 2.03 bits per heavy atom. The van der Waals surface area contributed by atoms with Gasteiger partial charge < -0.3 is 14.2 Å². The molecule has 4 rings (SSSR count). The number of ether oxygens (including phenoxy) is 1. The van der Waals surface area contributed by atoms with Crippen molar-refractivity contribution in [2.75, 3.05) is 20.2 Å². The highest BCUT2D eigenvalue weighted by atomic mass is 19.1. The van der Waals surface area contributed by atoms with Gasteiger partial charge in [-0.25, -0.2) is 4.39 Å². The fourth-order valence-corrected chi connectivity index (χ4v) is 4.00. The van der Waals surface area contributed by atoms with Gasteiger partial charge in [-0.05, 0) is 55.0 Å². The van der Waals surface area contributed by atoms with Crippen LogP contribution < -0.4 is 4.74 Å². The van der Waals surface area contributed by atoms with Crippen molar-refractivity contribution < 1.29 is 18.4 Å². The second-order valence-electron chi connectivity index (χ2n) is 7.89. The molecule has 0 bridgehead atoms. The topological polar surface area (TPSA) is 68.5 Å². The molecule has 1 aliphatic rings. The number of aromatic nitrogens is 2. The summed E-state index contributed by atoms with van der Waals surface area (Å²) in [6.07, 6.45) is 3.73. The molecule has 162 valence electrons. The van der Waals surface area contributed by atoms with Crippen molar-refractivity contribution in [1.29, 1.82) is 0 Å². The molecule has 0 radical (unpaired) electrons. The van der Waals surface area contributed by atoms with E-state index < -0.39 is 0 Å². The number of aryl methyl sites for hydroxylation is 1. The quantitative estimate of drug-likeness (QED) is 0.567. The minimum atomic E-state index is -0.374. The van der Waals surface area contributed by atoms with Crippen LogP contribution in [0.5, 0.6) is 5.75 Å². The van der Waals surface area contributed by atoms with E-state index in [0.29, 0.717) is 37.3 Å². The van der Waals surface area contributed by atoms with Gasteiger partial charge in [-0.1, -0.05) is 29.4 Å². The molecule has 2 heterocycles. The van der Waals surface area contributed by atoms with E-state index >= 15 is 0 Å². The van der Waals surface area contributed by atoms with Crippen molar-refractivity contribution in [2.45, 2.75) is 32.1 Å². The molecule has 1 aromatic heterocycles. The Morgan fingerprint density at radius 1 is 1.23 bits per heavy atom. The summed E-state index contributed by atoms with van der Waals surface area (Å²) in [5, 5.41) is 3.93. The van der Waals surface area contributed by atoms with Crippen LogP contribution in [0.3, 0.4) is 0 Å². The molecule has 3 aromatic rings. The number of piperidine rings is 1. The lowest BCUT2D eigenvalue weighted by molar-refractivity contribution is -0.133. The number of carbonyl (C=O) groups excluding carboxylic acids is 1. The second-order valence-corrected chi connectivity index (χ2v) is 7.89. The molecule has 1 atom stereocenters. The van der Waals surface area contributed by atoms with Crippen LogP contribution in [0, 0.1) is 11.7 Å². The number of likely N-dealkylation sites (tertiary alicyclic amines) is 1. The van der Waals surface area contributed by atoms with Gasteiger partial charge in [-0.3, -0.25) is 4.79 Å². The van der Waals surface area contributed by atoms with Gasteiger partial charge in [0, 0.05) is 25.9 Å². The summed E-state index contributed by atoms with van der Waals surface area (Å²) >= 11 is 0. The number of hydrogen-bond acceptors (Lipinski definition) is 5. The fraction of sp³-hybridized carbons (Fsp3) is 0.375. The number of nitrogens with zero attached hydrogens (tertiary/aromatic N) is 3. The van der Waals surface area contributed by atoms with Gasteiger partial charge in [-0.2, -0.15) is 4.98 Å². The zero-order valence-electron chi connectivity index (χ0n) is 17.6. The van der Waals surface area contributed by atoms with Crippen LogP contribution in [-0.4, -0.2) is 41.1 Å². The third-order valence-corrected chi connectivity index (χ3v) is 5.70. The monoisotopic (exact) mass is 423 g/mol. The lowest BCUT2D eigenvalue weighted by atomic mass is 9.94. The van der Waals surface area contributed by atoms with Gasteiger partial charge >= 0.3 is 0 Å². The highest BCUT2D eigenvalue weighted by molar-refractivity contribution is 5.76. The second kappa shape index (κ2) is 9.73. The van der Waals surface area contributed by atoms with E-state index in [0.717, 1.165) is 30.7 Å². The van der Waals surface area contributed by atoms with E-state index in [2.05, 4.69) is 10.1 Å². The smallest absolute Gasteiger partial charge is 0.227 e. The molecule has 0 aliphatic carbocycles. The van der Waals surface area contributed by atoms with Crippen LogP contribution >= 0.6 is 0 Å². The summed E-state index contributed by atoms with van der Waals surface area (Å²) in [5.74, 6) is 1.60. The van der Waals surface area contributed by atoms with E-state index in [9.17, 15) is 9.18 Å². The number of methoxy groups -OCH3 is 1. The lowest BCUT2D eigenvalue weighted by Crippen LogP contribution is -2.40. The van der Waals surface area contributed by atoms with Crippen molar-refractivity contribution in [3.8, 4) is 17.1 Å². The number of benzene rings is 2. The van der Waals surface area contributed by atoms with E-state index in [1.165, 1.54) is 6.07 Å². The molecule has 1 saturated heterocycles. The Balaban J connectivity index is 1.31. The summed E-state index contributed by atoms with van der Waals surface area (Å²) in [7, 11) is 1.64. The molecule has 7 heteroatoms. The third kappa shape index (κ3) is 5.29. The van der Waals surface area contributed by atoms with Crippen molar-refractivity contribution >= 4 is 5.91 Å². The van der Waals surface area contributed by atoms with Crippen LogP contribution in [-0.2, 0) is 17.6 Å². The van der Waals surface area contributed by atoms with Crippen LogP contribution in [0.15, 0.2) is 53.1 Å². The Labute approximate surface area is 181 Å². The van der Waals surface area contributed by atoms with Gasteiger partial charge in [0.25, 0.3) is 0 Å². The molecule has 6 nitrogen and oxygen atoms in total. The van der Waals surface area contributed by atoms with E-state index in [1.54, 1.807) is 25.3 Å². The molecular formula is C24H26FN3O3. The molecule has 1 unspecified atom stereocenters. The standard InChI is InChI=1S/C24H26FN3O3/c1-30-19-11-8-17(9-12-19)10-13-23(29)28-14-4-5-18(16-28)15-22-26-24(27-31-22)20-6-2-3-7-21(20)25/h2-3,6-9,11-12,18H,4-5,10,13-16H2,1H3. The van der Waals surface area contributed by atoms with E-state index in [4.69, 9.17) is 9.26 Å². The number of halogens is 1. The minimum Gasteiger partial charge on any atom is -0.497 e. The summed E-state index contributed by atoms with van der Waals surface area (Å²) < 4.78 is 24.5. The maximum atomic E-state index is 13.9. The van der Waals surface area contributed by atoms with Gasteiger partial charge in [0.15, 0.2) is 0 Å². The Kier molecular flexibility index (Phi) is 6.60. The lowest BCUT2D eigenvalue weighted by Gasteiger charge is -2.32. The SMILES string of the molecule is COc1ccc(CCC(=O)N2CCCC(Cc3nc(-c4ccccc4F)no3)C2)cc1. The maximum Gasteiger partial charge on any atom is 0.227 e. The molecular weight excluding hydrogens is 397 g/mol. The zero-order chi connectivity index (χ0) is 21.6. The van der Waals surface area contributed by atoms with Crippen LogP contribution in [0.2, 0.25) is 0 Å². The minimum absolute atomic E-state index is 0.165. The first-order chi connectivity index (χ1) is 15.1. The van der Waals surface area contributed by atoms with Crippen molar-refractivity contribution in [3.05, 3.63) is 65.8 Å². The molecule has 0 saturated carbocycles. The summed E-state index contributed by atoms with van der Waals surface area (Å²) in [5.41, 5.74) is 1.45. The summed E-state index contributed by atoms with van der Waals surface area (Å²) in [6, 6.07) is 14.2. The molecule has 1 amide bonds. The molecule has 31 heavy (non-hydrogen) atoms. The first-order valence-electron chi connectivity index (χ1n) is 10.6. The molecule has 0 N–H and O–H groups in total. The van der Waals surface area contributed by atoms with Gasteiger partial charge in [0.05, 0.1) is 12.7 Å². The predicted octanol–water partition coefficient (Wildman–Crippen LogP) is 4.30. The number of amides is 1. The van der Waals surface area contributed by atoms with Crippen LogP contribution in [0.25, 0.3) is 11.4 Å². The maximum absolute atomic E-state index is 13.9. The summed E-state index contributed by atoms with van der Waals surface area (Å²) in [4.78, 5) is 19.0. The average molecular weight is 423 g/mol. The number of carbonyl (C=O) groups is 1. The molecule has 1 aliphatic heterocycles. The fourth-order valence-electron chi connectivity index (χ4n) is 4.00. The van der Waals surface area contributed by atoms with Crippen molar-refractivity contribution in [3.63, 3.8) is 0 Å². The van der Waals surface area contributed by atoms with Crippen LogP contribution in [0.1, 0.15) is 30.7 Å². The highest BCUT2D eigenvalue weighted by Gasteiger charge is 2.25. The summed E-state index contributed by atoms with van der Waals surface area (Å²) in [6.45, 7) is 1.46. The van der Waals surface area contributed by atoms with Gasteiger partial charge in [-0.15, -0.1) is 0 Å². The van der Waals surface area contributed by atoms with E-state index in [-0.39, 0.29) is 23.5 Å². The highest BCUT2D eigenvalue weighted by Crippen LogP contribution is 2.24. The predicted molar refractivity (Wildman–Crippen MR) is 114 cm³/mol. The largest absolute Gasteiger partial charge is 0.497 e. The van der Waals surface area contributed by atoms with Crippen molar-refractivity contribution in [2.24, 2.45) is 5.92 Å². The van der Waals surface area contributed by atoms with Crippen molar-refractivity contribution in [1.82, 2.24) is 15.0 Å². The third-order valence-electron chi connectivity index (χ3n) is 5.70. The van der Waals surface area contributed by atoms with Crippen LogP contribution in [0.4, 0.5) is 4.39 Å². The Hall–Kier alpha value is -3.22. The first kappa shape index (κ1) is 21.0. The first-order valence-corrected chi connectivity index (χ1v) is 10.6. The molecule has 1 fully saturated rings. The average Bonchev–Trinajstić information content (AvgIpc) is 3.26. The zero-order valence-corrected chi connectivity index (χ0v) is 17.6. The van der Waals surface area contributed by atoms with Gasteiger partial charge in [0.1, 0.15) is 11.6 Å². The number of rotatable bonds is 7.